The molecule has 1 N–H and O–H groups in total. The number of amides is 2. The van der Waals surface area contributed by atoms with Crippen LogP contribution in [-0.4, -0.2) is 37.9 Å². The Morgan fingerprint density at radius 3 is 2.56 bits per heavy atom. The summed E-state index contributed by atoms with van der Waals surface area (Å²) >= 11 is 2.14. The Balaban J connectivity index is 2.05. The van der Waals surface area contributed by atoms with E-state index in [1.54, 1.807) is 44.3 Å². The molecule has 0 saturated heterocycles. The number of rotatable bonds is 6. The molecule has 25 heavy (non-hydrogen) atoms. The van der Waals surface area contributed by atoms with Crippen molar-refractivity contribution in [3.05, 3.63) is 57.2 Å². The number of benzene rings is 2. The Bertz CT molecular complexity index is 775. The SMILES string of the molecule is COc1ccc(C(=O)Nc2cccc(CCC(=O)N(C)C)c2)cc1I. The molecule has 132 valence electrons. The largest absolute Gasteiger partial charge is 0.496 e. The molecule has 0 aromatic heterocycles. The summed E-state index contributed by atoms with van der Waals surface area (Å²) in [5.74, 6) is 0.647. The molecule has 0 spiro atoms. The third-order valence-electron chi connectivity index (χ3n) is 3.73. The molecule has 2 aromatic rings. The summed E-state index contributed by atoms with van der Waals surface area (Å²) in [7, 11) is 5.09. The lowest BCUT2D eigenvalue weighted by atomic mass is 10.1. The number of halogens is 1. The van der Waals surface area contributed by atoms with E-state index >= 15 is 0 Å². The van der Waals surface area contributed by atoms with E-state index < -0.39 is 0 Å². The van der Waals surface area contributed by atoms with E-state index in [0.29, 0.717) is 24.1 Å². The zero-order chi connectivity index (χ0) is 18.4. The van der Waals surface area contributed by atoms with Gasteiger partial charge in [-0.3, -0.25) is 9.59 Å². The number of methoxy groups -OCH3 is 1. The third kappa shape index (κ3) is 5.45. The highest BCUT2D eigenvalue weighted by molar-refractivity contribution is 14.1. The number of anilines is 1. The molecule has 6 heteroatoms. The molecule has 5 nitrogen and oxygen atoms in total. The Hall–Kier alpha value is -2.09. The summed E-state index contributed by atoms with van der Waals surface area (Å²) in [6.07, 6.45) is 1.09. The van der Waals surface area contributed by atoms with Crippen molar-refractivity contribution in [2.24, 2.45) is 0 Å². The van der Waals surface area contributed by atoms with Crippen molar-refractivity contribution >= 4 is 40.1 Å². The van der Waals surface area contributed by atoms with Gasteiger partial charge in [-0.15, -0.1) is 0 Å². The zero-order valence-electron chi connectivity index (χ0n) is 14.5. The lowest BCUT2D eigenvalue weighted by molar-refractivity contribution is -0.128. The summed E-state index contributed by atoms with van der Waals surface area (Å²) in [5, 5.41) is 2.90. The highest BCUT2D eigenvalue weighted by Crippen LogP contribution is 2.22. The van der Waals surface area contributed by atoms with Gasteiger partial charge in [0, 0.05) is 31.8 Å². The Morgan fingerprint density at radius 2 is 1.92 bits per heavy atom. The van der Waals surface area contributed by atoms with Crippen molar-refractivity contribution in [1.29, 1.82) is 0 Å². The molecule has 0 radical (unpaired) electrons. The number of aryl methyl sites for hydroxylation is 1. The molecule has 0 fully saturated rings. The fourth-order valence-corrected chi connectivity index (χ4v) is 3.03. The van der Waals surface area contributed by atoms with E-state index in [1.807, 2.05) is 24.3 Å². The molecular formula is C19H21IN2O3. The Kier molecular flexibility index (Phi) is 6.81. The first kappa shape index (κ1) is 19.2. The molecule has 0 atom stereocenters. The quantitative estimate of drug-likeness (QED) is 0.682. The van der Waals surface area contributed by atoms with Gasteiger partial charge in [-0.25, -0.2) is 0 Å². The molecule has 2 amide bonds. The lowest BCUT2D eigenvalue weighted by Crippen LogP contribution is -2.21. The first-order chi connectivity index (χ1) is 11.9. The van der Waals surface area contributed by atoms with Gasteiger partial charge >= 0.3 is 0 Å². The fourth-order valence-electron chi connectivity index (χ4n) is 2.29. The van der Waals surface area contributed by atoms with Crippen LogP contribution in [0.1, 0.15) is 22.3 Å². The first-order valence-corrected chi connectivity index (χ1v) is 8.92. The molecule has 0 saturated carbocycles. The second-order valence-corrected chi connectivity index (χ2v) is 6.95. The van der Waals surface area contributed by atoms with E-state index in [1.165, 1.54) is 0 Å². The molecule has 0 aliphatic heterocycles. The van der Waals surface area contributed by atoms with Crippen LogP contribution < -0.4 is 10.1 Å². The lowest BCUT2D eigenvalue weighted by Gasteiger charge is -2.11. The molecule has 0 unspecified atom stereocenters. The Labute approximate surface area is 161 Å². The van der Waals surface area contributed by atoms with Crippen molar-refractivity contribution in [2.75, 3.05) is 26.5 Å². The fraction of sp³-hybridized carbons (Fsp3) is 0.263. The van der Waals surface area contributed by atoms with Crippen LogP contribution >= 0.6 is 22.6 Å². The summed E-state index contributed by atoms with van der Waals surface area (Å²) in [6.45, 7) is 0. The number of carbonyl (C=O) groups excluding carboxylic acids is 2. The summed E-state index contributed by atoms with van der Waals surface area (Å²) < 4.78 is 6.08. The smallest absolute Gasteiger partial charge is 0.255 e. The van der Waals surface area contributed by atoms with Gasteiger partial charge in [-0.1, -0.05) is 12.1 Å². The predicted molar refractivity (Wildman–Crippen MR) is 107 cm³/mol. The van der Waals surface area contributed by atoms with E-state index in [4.69, 9.17) is 4.74 Å². The molecule has 2 aromatic carbocycles. The van der Waals surface area contributed by atoms with Crippen LogP contribution in [0.3, 0.4) is 0 Å². The summed E-state index contributed by atoms with van der Waals surface area (Å²) in [4.78, 5) is 25.7. The first-order valence-electron chi connectivity index (χ1n) is 7.84. The molecule has 0 aliphatic carbocycles. The van der Waals surface area contributed by atoms with E-state index in [-0.39, 0.29) is 11.8 Å². The number of hydrogen-bond donors (Lipinski definition) is 1. The standard InChI is InChI=1S/C19H21IN2O3/c1-22(2)18(23)10-7-13-5-4-6-15(11-13)21-19(24)14-8-9-17(25-3)16(20)12-14/h4-6,8-9,11-12H,7,10H2,1-3H3,(H,21,24). The molecule has 2 rings (SSSR count). The number of hydrogen-bond acceptors (Lipinski definition) is 3. The van der Waals surface area contributed by atoms with Crippen molar-refractivity contribution in [1.82, 2.24) is 4.90 Å². The summed E-state index contributed by atoms with van der Waals surface area (Å²) in [6, 6.07) is 12.9. The second kappa shape index (κ2) is 8.84. The van der Waals surface area contributed by atoms with Crippen LogP contribution in [0.25, 0.3) is 0 Å². The normalized spacial score (nSPS) is 10.2. The van der Waals surface area contributed by atoms with Crippen LogP contribution in [0.2, 0.25) is 0 Å². The van der Waals surface area contributed by atoms with Crippen molar-refractivity contribution in [3.8, 4) is 5.75 Å². The van der Waals surface area contributed by atoms with Crippen LogP contribution in [0.15, 0.2) is 42.5 Å². The van der Waals surface area contributed by atoms with Crippen molar-refractivity contribution < 1.29 is 14.3 Å². The number of nitrogens with one attached hydrogen (secondary N) is 1. The van der Waals surface area contributed by atoms with E-state index in [9.17, 15) is 9.59 Å². The number of carbonyl (C=O) groups is 2. The zero-order valence-corrected chi connectivity index (χ0v) is 16.7. The molecule has 0 bridgehead atoms. The average molecular weight is 452 g/mol. The molecule has 0 heterocycles. The Morgan fingerprint density at radius 1 is 1.16 bits per heavy atom. The van der Waals surface area contributed by atoms with Gasteiger partial charge in [0.25, 0.3) is 5.91 Å². The highest BCUT2D eigenvalue weighted by Gasteiger charge is 2.10. The molecular weight excluding hydrogens is 431 g/mol. The maximum absolute atomic E-state index is 12.4. The van der Waals surface area contributed by atoms with E-state index in [2.05, 4.69) is 27.9 Å². The monoisotopic (exact) mass is 452 g/mol. The van der Waals surface area contributed by atoms with Gasteiger partial charge in [-0.2, -0.15) is 0 Å². The number of nitrogens with zero attached hydrogens (tertiary/aromatic N) is 1. The van der Waals surface area contributed by atoms with E-state index in [0.717, 1.165) is 14.9 Å². The van der Waals surface area contributed by atoms with Gasteiger partial charge in [0.15, 0.2) is 0 Å². The van der Waals surface area contributed by atoms with Gasteiger partial charge in [-0.05, 0) is 64.9 Å². The highest BCUT2D eigenvalue weighted by atomic mass is 127. The minimum absolute atomic E-state index is 0.0854. The minimum atomic E-state index is -0.179. The van der Waals surface area contributed by atoms with Gasteiger partial charge in [0.05, 0.1) is 10.7 Å². The van der Waals surface area contributed by atoms with Gasteiger partial charge in [0.2, 0.25) is 5.91 Å². The van der Waals surface area contributed by atoms with Gasteiger partial charge < -0.3 is 15.0 Å². The second-order valence-electron chi connectivity index (χ2n) is 5.79. The number of ether oxygens (including phenoxy) is 1. The topological polar surface area (TPSA) is 58.6 Å². The van der Waals surface area contributed by atoms with Crippen LogP contribution in [0.4, 0.5) is 5.69 Å². The maximum atomic E-state index is 12.4. The van der Waals surface area contributed by atoms with Crippen LogP contribution in [0.5, 0.6) is 5.75 Å². The van der Waals surface area contributed by atoms with Crippen molar-refractivity contribution in [3.63, 3.8) is 0 Å². The van der Waals surface area contributed by atoms with Crippen molar-refractivity contribution in [2.45, 2.75) is 12.8 Å². The molecule has 0 aliphatic rings. The summed E-state index contributed by atoms with van der Waals surface area (Å²) in [5.41, 5.74) is 2.29. The third-order valence-corrected chi connectivity index (χ3v) is 4.57. The van der Waals surface area contributed by atoms with Crippen LogP contribution in [-0.2, 0) is 11.2 Å². The van der Waals surface area contributed by atoms with Gasteiger partial charge in [0.1, 0.15) is 5.75 Å². The maximum Gasteiger partial charge on any atom is 0.255 e. The predicted octanol–water partition coefficient (Wildman–Crippen LogP) is 3.57. The van der Waals surface area contributed by atoms with Crippen LogP contribution in [0, 0.1) is 3.57 Å². The average Bonchev–Trinajstić information content (AvgIpc) is 2.59. The minimum Gasteiger partial charge on any atom is -0.496 e.